The van der Waals surface area contributed by atoms with Crippen LogP contribution in [0.1, 0.15) is 23.6 Å². The van der Waals surface area contributed by atoms with Crippen molar-refractivity contribution in [3.05, 3.63) is 53.1 Å². The van der Waals surface area contributed by atoms with E-state index in [9.17, 15) is 0 Å². The predicted molar refractivity (Wildman–Crippen MR) is 80.3 cm³/mol. The van der Waals surface area contributed by atoms with Gasteiger partial charge in [-0.15, -0.1) is 0 Å². The minimum atomic E-state index is 0.887. The van der Waals surface area contributed by atoms with Gasteiger partial charge in [-0.2, -0.15) is 0 Å². The second-order valence-corrected chi connectivity index (χ2v) is 5.69. The molecule has 0 amide bonds. The molecule has 0 aliphatic heterocycles. The number of aryl methyl sites for hydroxylation is 3. The summed E-state index contributed by atoms with van der Waals surface area (Å²) in [6.07, 6.45) is 1.01. The Bertz CT molecular complexity index is 544. The average Bonchev–Trinajstić information content (AvgIpc) is 2.34. The van der Waals surface area contributed by atoms with Gasteiger partial charge in [0.15, 0.2) is 0 Å². The van der Waals surface area contributed by atoms with E-state index in [4.69, 9.17) is 5.73 Å². The van der Waals surface area contributed by atoms with Crippen molar-refractivity contribution in [3.8, 4) is 0 Å². The lowest BCUT2D eigenvalue weighted by atomic mass is 10.1. The molecule has 0 aliphatic carbocycles. The van der Waals surface area contributed by atoms with Crippen LogP contribution in [0.25, 0.3) is 0 Å². The SMILES string of the molecule is CCc1cc(C)cc(N)c1Sc1ccc(C)cc1. The summed E-state index contributed by atoms with van der Waals surface area (Å²) in [5, 5.41) is 0. The van der Waals surface area contributed by atoms with Crippen LogP contribution in [0.3, 0.4) is 0 Å². The zero-order valence-electron chi connectivity index (χ0n) is 11.2. The van der Waals surface area contributed by atoms with Crippen molar-refractivity contribution in [1.29, 1.82) is 0 Å². The van der Waals surface area contributed by atoms with Gasteiger partial charge in [0.25, 0.3) is 0 Å². The van der Waals surface area contributed by atoms with Gasteiger partial charge in [0.05, 0.1) is 0 Å². The maximum absolute atomic E-state index is 6.15. The highest BCUT2D eigenvalue weighted by Crippen LogP contribution is 2.36. The fourth-order valence-electron chi connectivity index (χ4n) is 1.99. The van der Waals surface area contributed by atoms with Crippen LogP contribution in [0.2, 0.25) is 0 Å². The van der Waals surface area contributed by atoms with Crippen LogP contribution in [-0.4, -0.2) is 0 Å². The molecule has 0 spiro atoms. The zero-order chi connectivity index (χ0) is 13.1. The van der Waals surface area contributed by atoms with E-state index in [0.29, 0.717) is 0 Å². The minimum Gasteiger partial charge on any atom is -0.398 e. The first kappa shape index (κ1) is 13.0. The first-order chi connectivity index (χ1) is 8.60. The lowest BCUT2D eigenvalue weighted by Crippen LogP contribution is -1.95. The monoisotopic (exact) mass is 257 g/mol. The third-order valence-electron chi connectivity index (χ3n) is 2.96. The molecule has 0 radical (unpaired) electrons. The van der Waals surface area contributed by atoms with Gasteiger partial charge in [-0.3, -0.25) is 0 Å². The number of hydrogen-bond donors (Lipinski definition) is 1. The summed E-state index contributed by atoms with van der Waals surface area (Å²) in [5.74, 6) is 0. The number of hydrogen-bond acceptors (Lipinski definition) is 2. The van der Waals surface area contributed by atoms with Gasteiger partial charge >= 0.3 is 0 Å². The molecule has 0 aromatic heterocycles. The Morgan fingerprint density at radius 1 is 1.00 bits per heavy atom. The zero-order valence-corrected chi connectivity index (χ0v) is 12.0. The number of rotatable bonds is 3. The Morgan fingerprint density at radius 2 is 1.67 bits per heavy atom. The standard InChI is InChI=1S/C16H19NS/c1-4-13-9-12(3)10-15(17)16(13)18-14-7-5-11(2)6-8-14/h5-10H,4,17H2,1-3H3. The first-order valence-corrected chi connectivity index (χ1v) is 7.05. The molecule has 0 fully saturated rings. The Kier molecular flexibility index (Phi) is 3.97. The van der Waals surface area contributed by atoms with Crippen molar-refractivity contribution < 1.29 is 0 Å². The molecule has 18 heavy (non-hydrogen) atoms. The highest BCUT2D eigenvalue weighted by Gasteiger charge is 2.08. The van der Waals surface area contributed by atoms with Gasteiger partial charge in [-0.1, -0.05) is 42.4 Å². The molecule has 0 saturated carbocycles. The molecular formula is C16H19NS. The fourth-order valence-corrected chi connectivity index (χ4v) is 3.01. The molecule has 94 valence electrons. The number of benzene rings is 2. The summed E-state index contributed by atoms with van der Waals surface area (Å²) < 4.78 is 0. The molecule has 2 aromatic carbocycles. The van der Waals surface area contributed by atoms with Crippen LogP contribution in [0.5, 0.6) is 0 Å². The largest absolute Gasteiger partial charge is 0.398 e. The number of nitrogens with two attached hydrogens (primary N) is 1. The van der Waals surface area contributed by atoms with Gasteiger partial charge in [-0.05, 0) is 49.6 Å². The van der Waals surface area contributed by atoms with Gasteiger partial charge in [0.1, 0.15) is 0 Å². The number of anilines is 1. The molecule has 2 aromatic rings. The van der Waals surface area contributed by atoms with Crippen molar-refractivity contribution >= 4 is 17.4 Å². The Balaban J connectivity index is 2.36. The van der Waals surface area contributed by atoms with Crippen LogP contribution in [0, 0.1) is 13.8 Å². The molecule has 0 bridgehead atoms. The van der Waals surface area contributed by atoms with Gasteiger partial charge < -0.3 is 5.73 Å². The normalized spacial score (nSPS) is 10.6. The maximum Gasteiger partial charge on any atom is 0.0461 e. The van der Waals surface area contributed by atoms with Crippen LogP contribution in [0.15, 0.2) is 46.2 Å². The summed E-state index contributed by atoms with van der Waals surface area (Å²) in [5.41, 5.74) is 10.9. The van der Waals surface area contributed by atoms with Crippen molar-refractivity contribution in [1.82, 2.24) is 0 Å². The second-order valence-electron chi connectivity index (χ2n) is 4.61. The van der Waals surface area contributed by atoms with E-state index in [1.165, 1.54) is 26.5 Å². The summed E-state index contributed by atoms with van der Waals surface area (Å²) in [7, 11) is 0. The van der Waals surface area contributed by atoms with E-state index in [0.717, 1.165) is 12.1 Å². The molecule has 1 nitrogen and oxygen atoms in total. The maximum atomic E-state index is 6.15. The number of nitrogen functional groups attached to an aromatic ring is 1. The molecule has 2 rings (SSSR count). The Morgan fingerprint density at radius 3 is 2.28 bits per heavy atom. The molecule has 0 unspecified atom stereocenters. The molecule has 2 N–H and O–H groups in total. The van der Waals surface area contributed by atoms with Gasteiger partial charge in [0.2, 0.25) is 0 Å². The molecule has 0 saturated heterocycles. The van der Waals surface area contributed by atoms with Crippen LogP contribution in [0.4, 0.5) is 5.69 Å². The van der Waals surface area contributed by atoms with E-state index < -0.39 is 0 Å². The van der Waals surface area contributed by atoms with Crippen molar-refractivity contribution in [2.45, 2.75) is 37.0 Å². The molecule has 2 heteroatoms. The van der Waals surface area contributed by atoms with E-state index in [2.05, 4.69) is 57.2 Å². The molecule has 0 aliphatic rings. The molecular weight excluding hydrogens is 238 g/mol. The topological polar surface area (TPSA) is 26.0 Å². The Hall–Kier alpha value is -1.41. The van der Waals surface area contributed by atoms with E-state index >= 15 is 0 Å². The summed E-state index contributed by atoms with van der Waals surface area (Å²) in [6.45, 7) is 6.37. The second kappa shape index (κ2) is 5.49. The summed E-state index contributed by atoms with van der Waals surface area (Å²) in [6, 6.07) is 12.9. The minimum absolute atomic E-state index is 0.887. The quantitative estimate of drug-likeness (QED) is 0.813. The van der Waals surface area contributed by atoms with E-state index in [1.54, 1.807) is 11.8 Å². The van der Waals surface area contributed by atoms with Gasteiger partial charge in [-0.25, -0.2) is 0 Å². The van der Waals surface area contributed by atoms with Crippen molar-refractivity contribution in [2.75, 3.05) is 5.73 Å². The highest BCUT2D eigenvalue weighted by atomic mass is 32.2. The average molecular weight is 257 g/mol. The molecule has 0 heterocycles. The van der Waals surface area contributed by atoms with Crippen molar-refractivity contribution in [2.24, 2.45) is 0 Å². The fraction of sp³-hybridized carbons (Fsp3) is 0.250. The highest BCUT2D eigenvalue weighted by molar-refractivity contribution is 7.99. The van der Waals surface area contributed by atoms with Crippen LogP contribution < -0.4 is 5.73 Å². The van der Waals surface area contributed by atoms with Gasteiger partial charge in [0, 0.05) is 15.5 Å². The first-order valence-electron chi connectivity index (χ1n) is 6.23. The third-order valence-corrected chi connectivity index (χ3v) is 4.17. The van der Waals surface area contributed by atoms with Crippen LogP contribution in [-0.2, 0) is 6.42 Å². The van der Waals surface area contributed by atoms with E-state index in [1.807, 2.05) is 0 Å². The lowest BCUT2D eigenvalue weighted by Gasteiger charge is -2.12. The van der Waals surface area contributed by atoms with Crippen molar-refractivity contribution in [3.63, 3.8) is 0 Å². The third kappa shape index (κ3) is 2.88. The van der Waals surface area contributed by atoms with Crippen LogP contribution >= 0.6 is 11.8 Å². The Labute approximate surface area is 113 Å². The summed E-state index contributed by atoms with van der Waals surface area (Å²) >= 11 is 1.76. The predicted octanol–water partition coefficient (Wildman–Crippen LogP) is 4.60. The lowest BCUT2D eigenvalue weighted by molar-refractivity contribution is 1.08. The van der Waals surface area contributed by atoms with E-state index in [-0.39, 0.29) is 0 Å². The molecule has 0 atom stereocenters. The smallest absolute Gasteiger partial charge is 0.0461 e. The summed E-state index contributed by atoms with van der Waals surface area (Å²) in [4.78, 5) is 2.44.